The number of carbonyl (C=O) groups excluding carboxylic acids is 2. The van der Waals surface area contributed by atoms with Gasteiger partial charge in [0, 0.05) is 15.1 Å². The van der Waals surface area contributed by atoms with E-state index in [1.54, 1.807) is 42.5 Å². The van der Waals surface area contributed by atoms with Gasteiger partial charge in [-0.05, 0) is 54.1 Å². The number of aromatic nitrogens is 1. The number of hydrogen-bond acceptors (Lipinski definition) is 7. The van der Waals surface area contributed by atoms with Crippen molar-refractivity contribution in [1.82, 2.24) is 4.98 Å². The molecule has 1 aromatic heterocycles. The lowest BCUT2D eigenvalue weighted by molar-refractivity contribution is -0.132. The van der Waals surface area contributed by atoms with Gasteiger partial charge in [-0.25, -0.2) is 4.98 Å². The Morgan fingerprint density at radius 2 is 1.86 bits per heavy atom. The number of Topliss-reactive ketones (excluding diaryl/α,β-unsaturated/α-hetero) is 1. The number of anilines is 1. The van der Waals surface area contributed by atoms with Crippen LogP contribution in [0.2, 0.25) is 5.02 Å². The highest BCUT2D eigenvalue weighted by Gasteiger charge is 2.48. The Balaban J connectivity index is 1.54. The second-order valence-corrected chi connectivity index (χ2v) is 10.6. The van der Waals surface area contributed by atoms with Gasteiger partial charge in [-0.15, -0.1) is 0 Å². The average Bonchev–Trinajstić information content (AvgIpc) is 3.41. The highest BCUT2D eigenvalue weighted by atomic mass is 79.9. The van der Waals surface area contributed by atoms with E-state index in [1.807, 2.05) is 18.2 Å². The number of ether oxygens (including phenoxy) is 2. The fourth-order valence-electron chi connectivity index (χ4n) is 4.36. The van der Waals surface area contributed by atoms with Gasteiger partial charge in [0.15, 0.2) is 16.6 Å². The van der Waals surface area contributed by atoms with Crippen LogP contribution >= 0.6 is 38.9 Å². The summed E-state index contributed by atoms with van der Waals surface area (Å²) in [5, 5.41) is 12.3. The number of nitrogens with zero attached hydrogens (tertiary/aromatic N) is 2. The summed E-state index contributed by atoms with van der Waals surface area (Å²) in [6, 6.07) is 16.5. The van der Waals surface area contributed by atoms with E-state index in [1.165, 1.54) is 16.2 Å². The van der Waals surface area contributed by atoms with E-state index in [9.17, 15) is 14.7 Å². The van der Waals surface area contributed by atoms with E-state index in [0.717, 1.165) is 9.17 Å². The van der Waals surface area contributed by atoms with Crippen LogP contribution in [0.1, 0.15) is 17.2 Å². The molecule has 3 aromatic carbocycles. The van der Waals surface area contributed by atoms with Gasteiger partial charge < -0.3 is 14.6 Å². The second kappa shape index (κ2) is 8.92. The molecule has 0 unspecified atom stereocenters. The molecule has 10 heteroatoms. The maximum Gasteiger partial charge on any atom is 0.301 e. The fourth-order valence-corrected chi connectivity index (χ4v) is 6.04. The molecule has 0 saturated carbocycles. The van der Waals surface area contributed by atoms with Gasteiger partial charge in [-0.1, -0.05) is 51.0 Å². The van der Waals surface area contributed by atoms with Crippen LogP contribution in [-0.4, -0.2) is 35.0 Å². The minimum Gasteiger partial charge on any atom is -0.507 e. The standard InChI is InChI=1S/C26H16BrClN2O5S/c27-15-3-1-2-13(10-15)22-21(23(31)14-4-7-18-19(11-14)35-9-8-34-18)24(32)25(33)30(22)26-29-17-6-5-16(28)12-20(17)36-26/h1-7,10-12,22,31H,8-9H2/b23-21+/t22-/m1/s1. The molecular formula is C26H16BrClN2O5S. The molecule has 4 aromatic rings. The van der Waals surface area contributed by atoms with Crippen LogP contribution in [-0.2, 0) is 9.59 Å². The van der Waals surface area contributed by atoms with E-state index < -0.39 is 17.7 Å². The highest BCUT2D eigenvalue weighted by Crippen LogP contribution is 2.45. The maximum absolute atomic E-state index is 13.4. The summed E-state index contributed by atoms with van der Waals surface area (Å²) in [5.41, 5.74) is 1.60. The first kappa shape index (κ1) is 23.0. The molecule has 36 heavy (non-hydrogen) atoms. The zero-order valence-electron chi connectivity index (χ0n) is 18.4. The van der Waals surface area contributed by atoms with Crippen LogP contribution in [0.25, 0.3) is 16.0 Å². The van der Waals surface area contributed by atoms with Crippen molar-refractivity contribution in [3.63, 3.8) is 0 Å². The molecule has 7 nitrogen and oxygen atoms in total. The van der Waals surface area contributed by atoms with Crippen LogP contribution in [0.3, 0.4) is 0 Å². The molecule has 6 rings (SSSR count). The van der Waals surface area contributed by atoms with Gasteiger partial charge in [0.1, 0.15) is 19.0 Å². The lowest BCUT2D eigenvalue weighted by Gasteiger charge is -2.23. The van der Waals surface area contributed by atoms with Gasteiger partial charge in [0.25, 0.3) is 5.78 Å². The number of thiazole rings is 1. The van der Waals surface area contributed by atoms with Crippen molar-refractivity contribution in [3.05, 3.63) is 86.9 Å². The Morgan fingerprint density at radius 1 is 1.06 bits per heavy atom. The first-order valence-corrected chi connectivity index (χ1v) is 12.9. The molecule has 0 aliphatic carbocycles. The summed E-state index contributed by atoms with van der Waals surface area (Å²) in [6.07, 6.45) is 0. The topological polar surface area (TPSA) is 89.0 Å². The molecule has 3 heterocycles. The lowest BCUT2D eigenvalue weighted by Crippen LogP contribution is -2.29. The van der Waals surface area contributed by atoms with Gasteiger partial charge >= 0.3 is 5.91 Å². The smallest absolute Gasteiger partial charge is 0.301 e. The number of halogens is 2. The van der Waals surface area contributed by atoms with Crippen molar-refractivity contribution in [2.45, 2.75) is 6.04 Å². The Hall–Kier alpha value is -3.40. The van der Waals surface area contributed by atoms with E-state index in [-0.39, 0.29) is 11.3 Å². The Labute approximate surface area is 222 Å². The molecular weight excluding hydrogens is 568 g/mol. The Kier molecular flexibility index (Phi) is 5.70. The summed E-state index contributed by atoms with van der Waals surface area (Å²) in [5.74, 6) is -0.868. The molecule has 0 radical (unpaired) electrons. The zero-order chi connectivity index (χ0) is 25.0. The summed E-state index contributed by atoms with van der Waals surface area (Å²) in [6.45, 7) is 0.807. The Morgan fingerprint density at radius 3 is 2.67 bits per heavy atom. The number of amides is 1. The molecule has 1 N–H and O–H groups in total. The van der Waals surface area contributed by atoms with Crippen molar-refractivity contribution in [2.24, 2.45) is 0 Å². The minimum atomic E-state index is -0.897. The number of ketones is 1. The fraction of sp³-hybridized carbons (Fsp3) is 0.115. The van der Waals surface area contributed by atoms with Gasteiger partial charge in [0.2, 0.25) is 0 Å². The molecule has 2 aliphatic heterocycles. The van der Waals surface area contributed by atoms with E-state index in [0.29, 0.717) is 51.5 Å². The van der Waals surface area contributed by atoms with Gasteiger partial charge in [0.05, 0.1) is 21.8 Å². The second-order valence-electron chi connectivity index (χ2n) is 8.19. The third-order valence-corrected chi connectivity index (χ3v) is 7.72. The normalized spacial score (nSPS) is 18.7. The van der Waals surface area contributed by atoms with Gasteiger partial charge in [-0.2, -0.15) is 0 Å². The maximum atomic E-state index is 13.4. The molecule has 1 saturated heterocycles. The largest absolute Gasteiger partial charge is 0.507 e. The number of rotatable bonds is 3. The van der Waals surface area contributed by atoms with Gasteiger partial charge in [-0.3, -0.25) is 14.5 Å². The summed E-state index contributed by atoms with van der Waals surface area (Å²) < 4.78 is 12.7. The molecule has 1 fully saturated rings. The molecule has 0 spiro atoms. The number of hydrogen-bond donors (Lipinski definition) is 1. The van der Waals surface area contributed by atoms with Crippen LogP contribution < -0.4 is 14.4 Å². The van der Waals surface area contributed by atoms with Crippen molar-refractivity contribution in [3.8, 4) is 11.5 Å². The van der Waals surface area contributed by atoms with Crippen LogP contribution in [0.15, 0.2) is 70.7 Å². The third kappa shape index (κ3) is 3.84. The van der Waals surface area contributed by atoms with Crippen LogP contribution in [0, 0.1) is 0 Å². The van der Waals surface area contributed by atoms with E-state index in [2.05, 4.69) is 20.9 Å². The van der Waals surface area contributed by atoms with Crippen LogP contribution in [0.4, 0.5) is 5.13 Å². The molecule has 1 amide bonds. The SMILES string of the molecule is O=C1C(=O)N(c2nc3ccc(Cl)cc3s2)[C@H](c2cccc(Br)c2)/C1=C(\O)c1ccc2c(c1)OCCO2. The number of benzene rings is 3. The van der Waals surface area contributed by atoms with Crippen LogP contribution in [0.5, 0.6) is 11.5 Å². The summed E-state index contributed by atoms with van der Waals surface area (Å²) in [4.78, 5) is 32.8. The number of fused-ring (bicyclic) bond motifs is 2. The summed E-state index contributed by atoms with van der Waals surface area (Å²) >= 11 is 10.9. The monoisotopic (exact) mass is 582 g/mol. The zero-order valence-corrected chi connectivity index (χ0v) is 21.6. The van der Waals surface area contributed by atoms with Crippen molar-refractivity contribution in [1.29, 1.82) is 0 Å². The molecule has 180 valence electrons. The number of carbonyl (C=O) groups is 2. The van der Waals surface area contributed by atoms with E-state index >= 15 is 0 Å². The summed E-state index contributed by atoms with van der Waals surface area (Å²) in [7, 11) is 0. The van der Waals surface area contributed by atoms with Crippen molar-refractivity contribution < 1.29 is 24.2 Å². The highest BCUT2D eigenvalue weighted by molar-refractivity contribution is 9.10. The third-order valence-electron chi connectivity index (χ3n) is 5.97. The van der Waals surface area contributed by atoms with Crippen molar-refractivity contribution >= 4 is 71.7 Å². The minimum absolute atomic E-state index is 0.0351. The predicted molar refractivity (Wildman–Crippen MR) is 141 cm³/mol. The molecule has 0 bridgehead atoms. The van der Waals surface area contributed by atoms with E-state index in [4.69, 9.17) is 21.1 Å². The first-order valence-electron chi connectivity index (χ1n) is 10.9. The lowest BCUT2D eigenvalue weighted by atomic mass is 9.95. The first-order chi connectivity index (χ1) is 17.4. The average molecular weight is 584 g/mol. The molecule has 1 atom stereocenters. The molecule has 2 aliphatic rings. The van der Waals surface area contributed by atoms with Crippen molar-refractivity contribution in [2.75, 3.05) is 18.1 Å². The Bertz CT molecular complexity index is 1600. The predicted octanol–water partition coefficient (Wildman–Crippen LogP) is 6.11. The quantitative estimate of drug-likeness (QED) is 0.178. The number of aliphatic hydroxyl groups is 1. The number of aliphatic hydroxyl groups excluding tert-OH is 1.